The summed E-state index contributed by atoms with van der Waals surface area (Å²) in [7, 11) is 0. The van der Waals surface area contributed by atoms with E-state index in [0.717, 1.165) is 5.56 Å². The van der Waals surface area contributed by atoms with E-state index in [0.29, 0.717) is 17.0 Å². The fourth-order valence-electron chi connectivity index (χ4n) is 1.41. The van der Waals surface area contributed by atoms with Crippen molar-refractivity contribution < 1.29 is 14.7 Å². The average Bonchev–Trinajstić information content (AvgIpc) is 2.28. The number of benzene rings is 1. The predicted octanol–water partition coefficient (Wildman–Crippen LogP) is 2.24. The van der Waals surface area contributed by atoms with Crippen LogP contribution >= 0.6 is 11.6 Å². The third-order valence-corrected chi connectivity index (χ3v) is 2.69. The Hall–Kier alpha value is -1.55. The van der Waals surface area contributed by atoms with E-state index in [2.05, 4.69) is 5.32 Å². The fourth-order valence-corrected chi connectivity index (χ4v) is 1.59. The highest BCUT2D eigenvalue weighted by molar-refractivity contribution is 6.31. The molecule has 0 bridgehead atoms. The molecule has 0 fully saturated rings. The van der Waals surface area contributed by atoms with E-state index in [1.807, 2.05) is 0 Å². The van der Waals surface area contributed by atoms with Crippen LogP contribution in [0.25, 0.3) is 0 Å². The van der Waals surface area contributed by atoms with Crippen molar-refractivity contribution in [1.29, 1.82) is 0 Å². The van der Waals surface area contributed by atoms with Crippen LogP contribution in [0.3, 0.4) is 0 Å². The van der Waals surface area contributed by atoms with Gasteiger partial charge in [0, 0.05) is 10.6 Å². The molecule has 1 rings (SSSR count). The Morgan fingerprint density at radius 3 is 2.65 bits per heavy atom. The van der Waals surface area contributed by atoms with Crippen molar-refractivity contribution in [2.75, 3.05) is 0 Å². The zero-order valence-corrected chi connectivity index (χ0v) is 10.4. The second-order valence-corrected chi connectivity index (χ2v) is 4.17. The summed E-state index contributed by atoms with van der Waals surface area (Å²) in [5.41, 5.74) is 1.16. The van der Waals surface area contributed by atoms with Gasteiger partial charge in [0.15, 0.2) is 0 Å². The quantitative estimate of drug-likeness (QED) is 0.867. The number of carbonyl (C=O) groups is 2. The van der Waals surface area contributed by atoms with Crippen molar-refractivity contribution >= 4 is 23.5 Å². The molecule has 5 heteroatoms. The molecule has 92 valence electrons. The molecule has 4 nitrogen and oxygen atoms in total. The molecule has 1 amide bonds. The molecule has 1 aromatic carbocycles. The zero-order valence-electron chi connectivity index (χ0n) is 9.66. The van der Waals surface area contributed by atoms with Crippen LogP contribution in [0.4, 0.5) is 0 Å². The molecule has 1 atom stereocenters. The van der Waals surface area contributed by atoms with Crippen molar-refractivity contribution in [2.45, 2.75) is 26.3 Å². The van der Waals surface area contributed by atoms with Gasteiger partial charge in [-0.3, -0.25) is 4.79 Å². The number of carboxylic acids is 1. The molecular formula is C12H14ClNO3. The Balaban J connectivity index is 2.89. The van der Waals surface area contributed by atoms with Crippen LogP contribution in [-0.4, -0.2) is 23.0 Å². The van der Waals surface area contributed by atoms with Gasteiger partial charge in [0.1, 0.15) is 6.04 Å². The summed E-state index contributed by atoms with van der Waals surface area (Å²) in [5, 5.41) is 11.8. The molecule has 1 aromatic rings. The topological polar surface area (TPSA) is 66.4 Å². The highest BCUT2D eigenvalue weighted by atomic mass is 35.5. The molecule has 0 saturated carbocycles. The maximum absolute atomic E-state index is 11.9. The lowest BCUT2D eigenvalue weighted by molar-refractivity contribution is -0.139. The van der Waals surface area contributed by atoms with Crippen molar-refractivity contribution in [2.24, 2.45) is 0 Å². The number of nitrogens with one attached hydrogen (secondary N) is 1. The summed E-state index contributed by atoms with van der Waals surface area (Å²) in [6.45, 7) is 3.47. The zero-order chi connectivity index (χ0) is 13.0. The molecule has 0 heterocycles. The Kier molecular flexibility index (Phi) is 4.52. The van der Waals surface area contributed by atoms with E-state index in [9.17, 15) is 9.59 Å². The van der Waals surface area contributed by atoms with E-state index in [1.165, 1.54) is 6.07 Å². The van der Waals surface area contributed by atoms with Gasteiger partial charge in [-0.25, -0.2) is 4.79 Å². The first-order chi connectivity index (χ1) is 7.95. The average molecular weight is 256 g/mol. The maximum atomic E-state index is 11.9. The number of carboxylic acid groups (broad SMARTS) is 1. The number of hydrogen-bond donors (Lipinski definition) is 2. The summed E-state index contributed by atoms with van der Waals surface area (Å²) in [6, 6.07) is 4.06. The fraction of sp³-hybridized carbons (Fsp3) is 0.333. The molecule has 0 aliphatic heterocycles. The summed E-state index contributed by atoms with van der Waals surface area (Å²) < 4.78 is 0. The Morgan fingerprint density at radius 2 is 2.12 bits per heavy atom. The summed E-state index contributed by atoms with van der Waals surface area (Å²) >= 11 is 5.80. The minimum atomic E-state index is -1.04. The summed E-state index contributed by atoms with van der Waals surface area (Å²) in [6.07, 6.45) is 0.334. The highest BCUT2D eigenvalue weighted by Crippen LogP contribution is 2.15. The Bertz CT molecular complexity index is 445. The van der Waals surface area contributed by atoms with Gasteiger partial charge >= 0.3 is 5.97 Å². The number of amides is 1. The summed E-state index contributed by atoms with van der Waals surface area (Å²) in [5.74, 6) is -1.46. The molecule has 0 aliphatic rings. The van der Waals surface area contributed by atoms with Crippen LogP contribution in [0.1, 0.15) is 29.3 Å². The molecular weight excluding hydrogens is 242 g/mol. The second kappa shape index (κ2) is 5.68. The van der Waals surface area contributed by atoms with Crippen LogP contribution in [-0.2, 0) is 4.79 Å². The lowest BCUT2D eigenvalue weighted by Crippen LogP contribution is -2.40. The SMILES string of the molecule is CCC(NC(=O)c1cc(Cl)ccc1C)C(=O)O. The number of carbonyl (C=O) groups excluding carboxylic acids is 1. The van der Waals surface area contributed by atoms with Crippen molar-refractivity contribution in [3.8, 4) is 0 Å². The molecule has 0 spiro atoms. The van der Waals surface area contributed by atoms with Crippen LogP contribution in [0.5, 0.6) is 0 Å². The molecule has 0 aromatic heterocycles. The minimum Gasteiger partial charge on any atom is -0.480 e. The molecule has 17 heavy (non-hydrogen) atoms. The van der Waals surface area contributed by atoms with Gasteiger partial charge < -0.3 is 10.4 Å². The maximum Gasteiger partial charge on any atom is 0.326 e. The monoisotopic (exact) mass is 255 g/mol. The predicted molar refractivity (Wildman–Crippen MR) is 65.4 cm³/mol. The van der Waals surface area contributed by atoms with Crippen LogP contribution in [0, 0.1) is 6.92 Å². The Labute approximate surface area is 105 Å². The van der Waals surface area contributed by atoms with Crippen molar-refractivity contribution in [3.05, 3.63) is 34.3 Å². The van der Waals surface area contributed by atoms with Gasteiger partial charge in [-0.15, -0.1) is 0 Å². The Morgan fingerprint density at radius 1 is 1.47 bits per heavy atom. The van der Waals surface area contributed by atoms with E-state index < -0.39 is 17.9 Å². The van der Waals surface area contributed by atoms with Crippen LogP contribution in [0.2, 0.25) is 5.02 Å². The third-order valence-electron chi connectivity index (χ3n) is 2.46. The molecule has 0 radical (unpaired) electrons. The number of rotatable bonds is 4. The first-order valence-electron chi connectivity index (χ1n) is 5.25. The molecule has 0 saturated heterocycles. The second-order valence-electron chi connectivity index (χ2n) is 3.73. The van der Waals surface area contributed by atoms with Gasteiger partial charge in [-0.05, 0) is 31.0 Å². The van der Waals surface area contributed by atoms with Gasteiger partial charge in [0.25, 0.3) is 5.91 Å². The highest BCUT2D eigenvalue weighted by Gasteiger charge is 2.19. The van der Waals surface area contributed by atoms with Gasteiger partial charge in [0.2, 0.25) is 0 Å². The van der Waals surface area contributed by atoms with Gasteiger partial charge in [-0.1, -0.05) is 24.6 Å². The van der Waals surface area contributed by atoms with Crippen LogP contribution < -0.4 is 5.32 Å². The standard InChI is InChI=1S/C12H14ClNO3/c1-3-10(12(16)17)14-11(15)9-6-8(13)5-4-7(9)2/h4-6,10H,3H2,1-2H3,(H,14,15)(H,16,17). The smallest absolute Gasteiger partial charge is 0.326 e. The van der Waals surface area contributed by atoms with E-state index in [1.54, 1.807) is 26.0 Å². The van der Waals surface area contributed by atoms with Gasteiger partial charge in [0.05, 0.1) is 0 Å². The minimum absolute atomic E-state index is 0.334. The van der Waals surface area contributed by atoms with Crippen molar-refractivity contribution in [1.82, 2.24) is 5.32 Å². The lowest BCUT2D eigenvalue weighted by atomic mass is 10.1. The molecule has 2 N–H and O–H groups in total. The summed E-state index contributed by atoms with van der Waals surface area (Å²) in [4.78, 5) is 22.7. The van der Waals surface area contributed by atoms with E-state index in [-0.39, 0.29) is 0 Å². The first kappa shape index (κ1) is 13.5. The molecule has 0 aliphatic carbocycles. The van der Waals surface area contributed by atoms with E-state index >= 15 is 0 Å². The first-order valence-corrected chi connectivity index (χ1v) is 5.63. The number of halogens is 1. The van der Waals surface area contributed by atoms with E-state index in [4.69, 9.17) is 16.7 Å². The van der Waals surface area contributed by atoms with Crippen LogP contribution in [0.15, 0.2) is 18.2 Å². The van der Waals surface area contributed by atoms with Gasteiger partial charge in [-0.2, -0.15) is 0 Å². The number of aryl methyl sites for hydroxylation is 1. The lowest BCUT2D eigenvalue weighted by Gasteiger charge is -2.13. The van der Waals surface area contributed by atoms with Crippen molar-refractivity contribution in [3.63, 3.8) is 0 Å². The third kappa shape index (κ3) is 3.46. The number of aliphatic carboxylic acids is 1. The normalized spacial score (nSPS) is 11.9. The largest absolute Gasteiger partial charge is 0.480 e. The molecule has 1 unspecified atom stereocenters. The number of hydrogen-bond acceptors (Lipinski definition) is 2.